The van der Waals surface area contributed by atoms with E-state index in [-0.39, 0.29) is 21.2 Å². The van der Waals surface area contributed by atoms with Crippen molar-refractivity contribution in [1.82, 2.24) is 0 Å². The predicted molar refractivity (Wildman–Crippen MR) is 39.4 cm³/mol. The van der Waals surface area contributed by atoms with Crippen LogP contribution in [0.3, 0.4) is 0 Å². The Morgan fingerprint density at radius 2 is 2.33 bits per heavy atom. The number of hydrogen-bond donors (Lipinski definition) is 1. The van der Waals surface area contributed by atoms with E-state index in [2.05, 4.69) is 22.9 Å². The topological polar surface area (TPSA) is 26.0 Å². The first kappa shape index (κ1) is 8.27. The van der Waals surface area contributed by atoms with Crippen LogP contribution in [0.5, 0.6) is 0 Å². The van der Waals surface area contributed by atoms with Crippen molar-refractivity contribution in [3.05, 3.63) is 0 Å². The number of nitrogens with two attached hydrogens (primary N) is 1. The van der Waals surface area contributed by atoms with Gasteiger partial charge in [0.2, 0.25) is 0 Å². The number of alkyl halides is 3. The molecule has 0 heterocycles. The van der Waals surface area contributed by atoms with E-state index in [4.69, 9.17) is 5.73 Å². The minimum atomic E-state index is 0.280. The van der Waals surface area contributed by atoms with E-state index in [9.17, 15) is 0 Å². The number of hydrogen-bond acceptors (Lipinski definition) is 1. The third-order valence-electron chi connectivity index (χ3n) is 1.47. The second kappa shape index (κ2) is 3.53. The van der Waals surface area contributed by atoms with Gasteiger partial charge in [0.1, 0.15) is 0 Å². The molecule has 1 aliphatic rings. The SMILES string of the molecule is C[C@@H](N)[I-][C@@H]1CC[C@@H]1Br. The molecule has 0 aliphatic heterocycles. The molecule has 0 radical (unpaired) electrons. The fraction of sp³-hybridized carbons (Fsp3) is 1.00. The Bertz CT molecular complexity index is 97.1. The van der Waals surface area contributed by atoms with Crippen molar-refractivity contribution in [3.63, 3.8) is 0 Å². The first-order chi connectivity index (χ1) is 4.20. The maximum absolute atomic E-state index is 5.69. The third kappa shape index (κ3) is 2.35. The molecule has 1 rings (SSSR count). The summed E-state index contributed by atoms with van der Waals surface area (Å²) < 4.78 is 1.47. The second-order valence-corrected chi connectivity index (χ2v) is 7.87. The molecule has 0 amide bonds. The zero-order valence-electron chi connectivity index (χ0n) is 5.48. The Morgan fingerprint density at radius 3 is 2.44 bits per heavy atom. The molecule has 0 spiro atoms. The first-order valence-electron chi connectivity index (χ1n) is 3.22. The molecule has 1 fully saturated rings. The van der Waals surface area contributed by atoms with Crippen molar-refractivity contribution >= 4 is 15.9 Å². The summed E-state index contributed by atoms with van der Waals surface area (Å²) >= 11 is 3.91. The number of rotatable bonds is 2. The minimum absolute atomic E-state index is 0.280. The van der Waals surface area contributed by atoms with Crippen LogP contribution in [0.25, 0.3) is 0 Å². The average molecular weight is 305 g/mol. The van der Waals surface area contributed by atoms with Gasteiger partial charge in [-0.3, -0.25) is 0 Å². The molecule has 2 N–H and O–H groups in total. The van der Waals surface area contributed by atoms with Gasteiger partial charge in [-0.25, -0.2) is 0 Å². The van der Waals surface area contributed by atoms with Crippen molar-refractivity contribution in [2.75, 3.05) is 0 Å². The molecule has 0 bridgehead atoms. The van der Waals surface area contributed by atoms with E-state index in [1.807, 2.05) is 0 Å². The monoisotopic (exact) mass is 304 g/mol. The van der Waals surface area contributed by atoms with Gasteiger partial charge in [-0.2, -0.15) is 0 Å². The summed E-state index contributed by atoms with van der Waals surface area (Å²) in [4.78, 5) is 0.816. The average Bonchev–Trinajstić information content (AvgIpc) is 1.79. The molecule has 0 aromatic carbocycles. The molecule has 56 valence electrons. The molecule has 1 aliphatic carbocycles. The van der Waals surface area contributed by atoms with Crippen LogP contribution in [0.15, 0.2) is 0 Å². The van der Waals surface area contributed by atoms with Crippen LogP contribution >= 0.6 is 15.9 Å². The first-order valence-corrected chi connectivity index (χ1v) is 6.62. The molecule has 0 unspecified atom stereocenters. The summed E-state index contributed by atoms with van der Waals surface area (Å²) in [6.07, 6.45) is 2.79. The summed E-state index contributed by atoms with van der Waals surface area (Å²) in [5.41, 5.74) is 5.69. The van der Waals surface area contributed by atoms with Crippen LogP contribution in [0.1, 0.15) is 19.8 Å². The standard InChI is InChI=1S/C6H12BrIN/c1-4(9)8-6-3-2-5(6)7/h4-6H,2-3,9H2,1H3/q-1/t4-,5+,6-/m1/s1. The Kier molecular flexibility index (Phi) is 3.24. The summed E-state index contributed by atoms with van der Waals surface area (Å²) in [6, 6.07) is 0. The van der Waals surface area contributed by atoms with Gasteiger partial charge in [-0.15, -0.1) is 0 Å². The molecular formula is C6H12BrIN-. The van der Waals surface area contributed by atoms with Crippen molar-refractivity contribution in [2.24, 2.45) is 5.73 Å². The second-order valence-electron chi connectivity index (χ2n) is 2.41. The summed E-state index contributed by atoms with van der Waals surface area (Å²) in [5.74, 6) is 0. The predicted octanol–water partition coefficient (Wildman–Crippen LogP) is -1.69. The zero-order chi connectivity index (χ0) is 6.85. The van der Waals surface area contributed by atoms with Crippen molar-refractivity contribution in [1.29, 1.82) is 0 Å². The van der Waals surface area contributed by atoms with E-state index in [1.165, 1.54) is 12.8 Å². The zero-order valence-corrected chi connectivity index (χ0v) is 9.22. The van der Waals surface area contributed by atoms with Crippen LogP contribution in [-0.4, -0.2) is 12.8 Å². The fourth-order valence-electron chi connectivity index (χ4n) is 0.816. The van der Waals surface area contributed by atoms with Gasteiger partial charge in [0, 0.05) is 0 Å². The molecule has 3 atom stereocenters. The molecule has 1 nitrogen and oxygen atoms in total. The van der Waals surface area contributed by atoms with Gasteiger partial charge in [-0.05, 0) is 0 Å². The van der Waals surface area contributed by atoms with Crippen molar-refractivity contribution < 1.29 is 21.2 Å². The van der Waals surface area contributed by atoms with Crippen LogP contribution in [0.2, 0.25) is 0 Å². The Hall–Kier alpha value is 1.17. The summed E-state index contributed by atoms with van der Waals surface area (Å²) in [6.45, 7) is 2.13. The summed E-state index contributed by atoms with van der Waals surface area (Å²) in [7, 11) is 0. The van der Waals surface area contributed by atoms with E-state index in [0.29, 0.717) is 4.05 Å². The fourth-order valence-corrected chi connectivity index (χ4v) is 5.10. The van der Waals surface area contributed by atoms with Crippen LogP contribution < -0.4 is 26.9 Å². The van der Waals surface area contributed by atoms with E-state index in [1.54, 1.807) is 0 Å². The van der Waals surface area contributed by atoms with Gasteiger partial charge in [0.05, 0.1) is 0 Å². The molecule has 0 saturated heterocycles. The molecule has 9 heavy (non-hydrogen) atoms. The quantitative estimate of drug-likeness (QED) is 0.368. The van der Waals surface area contributed by atoms with Gasteiger partial charge in [-0.1, -0.05) is 0 Å². The molecular weight excluding hydrogens is 293 g/mol. The number of halogens is 2. The van der Waals surface area contributed by atoms with Gasteiger partial charge >= 0.3 is 75.4 Å². The van der Waals surface area contributed by atoms with Gasteiger partial charge < -0.3 is 0 Å². The summed E-state index contributed by atoms with van der Waals surface area (Å²) in [5, 5.41) is 0. The van der Waals surface area contributed by atoms with E-state index < -0.39 is 0 Å². The van der Waals surface area contributed by atoms with Crippen molar-refractivity contribution in [3.8, 4) is 0 Å². The van der Waals surface area contributed by atoms with E-state index in [0.717, 1.165) is 8.75 Å². The van der Waals surface area contributed by atoms with Crippen LogP contribution in [-0.2, 0) is 0 Å². The molecule has 3 heteroatoms. The Morgan fingerprint density at radius 1 is 1.67 bits per heavy atom. The molecule has 0 aromatic heterocycles. The Balaban J connectivity index is 2.13. The Labute approximate surface area is 75.2 Å². The van der Waals surface area contributed by atoms with Crippen LogP contribution in [0.4, 0.5) is 0 Å². The van der Waals surface area contributed by atoms with Gasteiger partial charge in [0.15, 0.2) is 0 Å². The third-order valence-corrected chi connectivity index (χ3v) is 7.10. The van der Waals surface area contributed by atoms with Crippen molar-refractivity contribution in [2.45, 2.75) is 32.6 Å². The van der Waals surface area contributed by atoms with E-state index >= 15 is 0 Å². The van der Waals surface area contributed by atoms with Crippen LogP contribution in [0, 0.1) is 0 Å². The molecule has 0 aromatic rings. The maximum atomic E-state index is 5.69. The molecule has 1 saturated carbocycles. The normalized spacial score (nSPS) is 38.1. The van der Waals surface area contributed by atoms with Gasteiger partial charge in [0.25, 0.3) is 0 Å².